The number of hydrogen-bond donors (Lipinski definition) is 0. The van der Waals surface area contributed by atoms with Gasteiger partial charge >= 0.3 is 0 Å². The number of aryl methyl sites for hydroxylation is 1. The van der Waals surface area contributed by atoms with Gasteiger partial charge in [-0.25, -0.2) is 0 Å². The first-order valence-corrected chi connectivity index (χ1v) is 9.34. The van der Waals surface area contributed by atoms with E-state index in [9.17, 15) is 4.79 Å². The van der Waals surface area contributed by atoms with E-state index in [4.69, 9.17) is 0 Å². The summed E-state index contributed by atoms with van der Waals surface area (Å²) in [7, 11) is 0. The number of nitrogens with zero attached hydrogens (tertiary/aromatic N) is 4. The minimum absolute atomic E-state index is 0.269. The number of fused-ring (bicyclic) bond motifs is 1. The zero-order chi connectivity index (χ0) is 16.4. The fraction of sp³-hybridized carbons (Fsp3) is 0.389. The summed E-state index contributed by atoms with van der Waals surface area (Å²) in [6.45, 7) is 1.63. The fourth-order valence-electron chi connectivity index (χ4n) is 3.37. The van der Waals surface area contributed by atoms with E-state index in [1.165, 1.54) is 5.56 Å². The van der Waals surface area contributed by atoms with Gasteiger partial charge in [-0.05, 0) is 53.8 Å². The van der Waals surface area contributed by atoms with Crippen LogP contribution in [-0.4, -0.2) is 38.5 Å². The van der Waals surface area contributed by atoms with Gasteiger partial charge < -0.3 is 4.90 Å². The third-order valence-electron chi connectivity index (χ3n) is 4.76. The molecule has 5 nitrogen and oxygen atoms in total. The molecule has 3 aromatic rings. The van der Waals surface area contributed by atoms with E-state index >= 15 is 0 Å². The number of pyridine rings is 1. The van der Waals surface area contributed by atoms with Gasteiger partial charge in [0.25, 0.3) is 0 Å². The Hall–Kier alpha value is -2.21. The van der Waals surface area contributed by atoms with Crippen molar-refractivity contribution in [2.75, 3.05) is 13.1 Å². The van der Waals surface area contributed by atoms with Crippen LogP contribution in [0.15, 0.2) is 41.2 Å². The van der Waals surface area contributed by atoms with Gasteiger partial charge in [0.05, 0.1) is 0 Å². The van der Waals surface area contributed by atoms with Crippen LogP contribution < -0.4 is 0 Å². The van der Waals surface area contributed by atoms with Gasteiger partial charge in [0.2, 0.25) is 5.91 Å². The van der Waals surface area contributed by atoms with Crippen molar-refractivity contribution in [1.82, 2.24) is 19.5 Å². The molecule has 1 aliphatic heterocycles. The van der Waals surface area contributed by atoms with Crippen molar-refractivity contribution < 1.29 is 4.79 Å². The second kappa shape index (κ2) is 6.73. The first-order valence-electron chi connectivity index (χ1n) is 8.40. The number of amides is 1. The lowest BCUT2D eigenvalue weighted by Gasteiger charge is -2.31. The lowest BCUT2D eigenvalue weighted by atomic mass is 9.95. The molecular weight excluding hydrogens is 320 g/mol. The van der Waals surface area contributed by atoms with Gasteiger partial charge in [-0.15, -0.1) is 10.2 Å². The molecule has 0 unspecified atom stereocenters. The summed E-state index contributed by atoms with van der Waals surface area (Å²) < 4.78 is 2.07. The third-order valence-corrected chi connectivity index (χ3v) is 5.49. The van der Waals surface area contributed by atoms with E-state index in [2.05, 4.69) is 31.4 Å². The maximum absolute atomic E-state index is 12.4. The summed E-state index contributed by atoms with van der Waals surface area (Å²) in [4.78, 5) is 14.4. The summed E-state index contributed by atoms with van der Waals surface area (Å²) in [5, 5.41) is 12.8. The van der Waals surface area contributed by atoms with Crippen molar-refractivity contribution >= 4 is 22.9 Å². The quantitative estimate of drug-likeness (QED) is 0.733. The average molecular weight is 340 g/mol. The molecule has 0 saturated carbocycles. The van der Waals surface area contributed by atoms with E-state index < -0.39 is 0 Å². The second-order valence-electron chi connectivity index (χ2n) is 6.27. The van der Waals surface area contributed by atoms with Crippen LogP contribution in [0.4, 0.5) is 0 Å². The molecule has 24 heavy (non-hydrogen) atoms. The summed E-state index contributed by atoms with van der Waals surface area (Å²) in [6.07, 6.45) is 5.38. The zero-order valence-electron chi connectivity index (χ0n) is 13.5. The number of thiophene rings is 1. The lowest BCUT2D eigenvalue weighted by molar-refractivity contribution is -0.132. The summed E-state index contributed by atoms with van der Waals surface area (Å²) in [5.74, 6) is 1.67. The number of aromatic nitrogens is 3. The number of piperidine rings is 1. The molecule has 1 fully saturated rings. The highest BCUT2D eigenvalue weighted by atomic mass is 32.1. The molecule has 124 valence electrons. The Bertz CT molecular complexity index is 819. The minimum Gasteiger partial charge on any atom is -0.343 e. The van der Waals surface area contributed by atoms with Crippen LogP contribution in [0.2, 0.25) is 0 Å². The number of hydrogen-bond acceptors (Lipinski definition) is 4. The standard InChI is InChI=1S/C18H20N4OS/c23-17(5-4-14-8-12-24-13-14)21-10-6-15(7-11-21)18-20-19-16-3-1-2-9-22(16)18/h1-3,8-9,12-13,15H,4-7,10-11H2. The molecule has 1 saturated heterocycles. The number of carbonyl (C=O) groups is 1. The van der Waals surface area contributed by atoms with Crippen LogP contribution in [0.1, 0.15) is 36.6 Å². The van der Waals surface area contributed by atoms with Crippen molar-refractivity contribution in [3.8, 4) is 0 Å². The molecular formula is C18H20N4OS. The number of likely N-dealkylation sites (tertiary alicyclic amines) is 1. The fourth-order valence-corrected chi connectivity index (χ4v) is 4.07. The van der Waals surface area contributed by atoms with Crippen molar-refractivity contribution in [1.29, 1.82) is 0 Å². The predicted octanol–water partition coefficient (Wildman–Crippen LogP) is 3.13. The van der Waals surface area contributed by atoms with E-state index in [0.717, 1.165) is 43.8 Å². The van der Waals surface area contributed by atoms with Crippen LogP contribution in [0.3, 0.4) is 0 Å². The third kappa shape index (κ3) is 3.06. The van der Waals surface area contributed by atoms with Gasteiger partial charge in [0.1, 0.15) is 5.82 Å². The molecule has 1 amide bonds. The maximum Gasteiger partial charge on any atom is 0.222 e. The first-order chi connectivity index (χ1) is 11.8. The largest absolute Gasteiger partial charge is 0.343 e. The maximum atomic E-state index is 12.4. The Kier molecular flexibility index (Phi) is 4.30. The Morgan fingerprint density at radius 3 is 2.88 bits per heavy atom. The van der Waals surface area contributed by atoms with E-state index in [-0.39, 0.29) is 5.91 Å². The predicted molar refractivity (Wildman–Crippen MR) is 94.2 cm³/mol. The molecule has 0 radical (unpaired) electrons. The van der Waals surface area contributed by atoms with Crippen molar-refractivity contribution in [2.24, 2.45) is 0 Å². The van der Waals surface area contributed by atoms with Gasteiger partial charge in [-0.2, -0.15) is 11.3 Å². The molecule has 6 heteroatoms. The monoisotopic (exact) mass is 340 g/mol. The SMILES string of the molecule is O=C(CCc1ccsc1)N1CCC(c2nnc3ccccn23)CC1. The lowest BCUT2D eigenvalue weighted by Crippen LogP contribution is -2.38. The highest BCUT2D eigenvalue weighted by molar-refractivity contribution is 7.07. The van der Waals surface area contributed by atoms with Crippen LogP contribution in [-0.2, 0) is 11.2 Å². The Balaban J connectivity index is 1.35. The van der Waals surface area contributed by atoms with E-state index in [1.54, 1.807) is 11.3 Å². The van der Waals surface area contributed by atoms with E-state index in [0.29, 0.717) is 12.3 Å². The van der Waals surface area contributed by atoms with Gasteiger partial charge in [0, 0.05) is 31.6 Å². The first kappa shape index (κ1) is 15.3. The van der Waals surface area contributed by atoms with Gasteiger partial charge in [-0.3, -0.25) is 9.20 Å². The minimum atomic E-state index is 0.269. The average Bonchev–Trinajstić information content (AvgIpc) is 3.29. The summed E-state index contributed by atoms with van der Waals surface area (Å²) >= 11 is 1.69. The molecule has 0 spiro atoms. The molecule has 3 aromatic heterocycles. The molecule has 1 aliphatic rings. The van der Waals surface area contributed by atoms with E-state index in [1.807, 2.05) is 29.3 Å². The van der Waals surface area contributed by atoms with Crippen molar-refractivity contribution in [2.45, 2.75) is 31.6 Å². The van der Waals surface area contributed by atoms with Gasteiger partial charge in [-0.1, -0.05) is 6.07 Å². The van der Waals surface area contributed by atoms with Crippen molar-refractivity contribution in [3.05, 3.63) is 52.6 Å². The Labute approximate surface area is 144 Å². The van der Waals surface area contributed by atoms with Crippen LogP contribution >= 0.6 is 11.3 Å². The highest BCUT2D eigenvalue weighted by Crippen LogP contribution is 2.27. The number of rotatable bonds is 4. The molecule has 0 aromatic carbocycles. The normalized spacial score (nSPS) is 15.9. The highest BCUT2D eigenvalue weighted by Gasteiger charge is 2.26. The molecule has 0 bridgehead atoms. The second-order valence-corrected chi connectivity index (χ2v) is 7.05. The van der Waals surface area contributed by atoms with Crippen LogP contribution in [0.5, 0.6) is 0 Å². The summed E-state index contributed by atoms with van der Waals surface area (Å²) in [6, 6.07) is 8.05. The topological polar surface area (TPSA) is 50.5 Å². The van der Waals surface area contributed by atoms with Crippen molar-refractivity contribution in [3.63, 3.8) is 0 Å². The Morgan fingerprint density at radius 1 is 1.21 bits per heavy atom. The molecule has 4 rings (SSSR count). The summed E-state index contributed by atoms with van der Waals surface area (Å²) in [5.41, 5.74) is 2.15. The number of carbonyl (C=O) groups excluding carboxylic acids is 1. The Morgan fingerprint density at radius 2 is 2.08 bits per heavy atom. The molecule has 4 heterocycles. The molecule has 0 atom stereocenters. The smallest absolute Gasteiger partial charge is 0.222 e. The van der Waals surface area contributed by atoms with Crippen LogP contribution in [0, 0.1) is 0 Å². The van der Waals surface area contributed by atoms with Gasteiger partial charge in [0.15, 0.2) is 5.65 Å². The zero-order valence-corrected chi connectivity index (χ0v) is 14.3. The molecule has 0 aliphatic carbocycles. The molecule has 0 N–H and O–H groups in total. The van der Waals surface area contributed by atoms with Crippen LogP contribution in [0.25, 0.3) is 5.65 Å².